The van der Waals surface area contributed by atoms with Gasteiger partial charge in [-0.1, -0.05) is 18.2 Å². The molecule has 8 heteroatoms. The fourth-order valence-electron chi connectivity index (χ4n) is 3.55. The summed E-state index contributed by atoms with van der Waals surface area (Å²) in [4.78, 5) is 18.0. The van der Waals surface area contributed by atoms with E-state index < -0.39 is 0 Å². The van der Waals surface area contributed by atoms with Crippen molar-refractivity contribution >= 4 is 39.6 Å². The monoisotopic (exact) mass is 395 g/mol. The molecule has 5 rings (SSSR count). The van der Waals surface area contributed by atoms with Gasteiger partial charge in [-0.2, -0.15) is 14.9 Å². The lowest BCUT2D eigenvalue weighted by Crippen LogP contribution is -2.06. The summed E-state index contributed by atoms with van der Waals surface area (Å²) in [7, 11) is 0. The Morgan fingerprint density at radius 1 is 1.17 bits per heavy atom. The molecule has 0 fully saturated rings. The highest BCUT2D eigenvalue weighted by atomic mass is 16.1. The van der Waals surface area contributed by atoms with Gasteiger partial charge in [-0.05, 0) is 35.7 Å². The summed E-state index contributed by atoms with van der Waals surface area (Å²) in [5.41, 5.74) is 5.29. The fraction of sp³-hybridized carbons (Fsp3) is 0.0455. The van der Waals surface area contributed by atoms with Gasteiger partial charge >= 0.3 is 0 Å². The number of fused-ring (bicyclic) bond motifs is 2. The highest BCUT2D eigenvalue weighted by molar-refractivity contribution is 5.90. The Bertz CT molecular complexity index is 1450. The molecule has 0 aliphatic rings. The number of nitrogens with one attached hydrogen (secondary N) is 4. The van der Waals surface area contributed by atoms with Gasteiger partial charge in [0.05, 0.1) is 11.9 Å². The van der Waals surface area contributed by atoms with Crippen molar-refractivity contribution in [3.63, 3.8) is 0 Å². The van der Waals surface area contributed by atoms with E-state index in [1.165, 1.54) is 13.1 Å². The summed E-state index contributed by atoms with van der Waals surface area (Å²) in [5, 5.41) is 21.1. The normalized spacial score (nSPS) is 10.9. The molecule has 0 aliphatic carbocycles. The zero-order valence-electron chi connectivity index (χ0n) is 16.0. The summed E-state index contributed by atoms with van der Waals surface area (Å²) < 4.78 is 1.68. The minimum Gasteiger partial charge on any atom is -0.361 e. The second kappa shape index (κ2) is 6.83. The highest BCUT2D eigenvalue weighted by Gasteiger charge is 2.18. The van der Waals surface area contributed by atoms with Crippen LogP contribution in [0.5, 0.6) is 0 Å². The van der Waals surface area contributed by atoms with Crippen LogP contribution in [0.4, 0.5) is 17.2 Å². The van der Waals surface area contributed by atoms with Crippen LogP contribution < -0.4 is 10.6 Å². The van der Waals surface area contributed by atoms with Crippen molar-refractivity contribution in [3.05, 3.63) is 66.5 Å². The second-order valence-electron chi connectivity index (χ2n) is 6.95. The van der Waals surface area contributed by atoms with Gasteiger partial charge in [-0.15, -0.1) is 0 Å². The van der Waals surface area contributed by atoms with Crippen LogP contribution in [0.2, 0.25) is 0 Å². The Morgan fingerprint density at radius 3 is 2.87 bits per heavy atom. The van der Waals surface area contributed by atoms with E-state index in [-0.39, 0.29) is 5.91 Å². The zero-order chi connectivity index (χ0) is 20.7. The van der Waals surface area contributed by atoms with E-state index >= 15 is 0 Å². The molecule has 0 atom stereocenters. The standard InChI is InChI=1S/C22H17N7O/c1-13(30)26-17-3-2-4-18(10-17)27-22-20(28-21-16(11-23)12-25-29(21)22)15-6-5-14-7-8-24-19(14)9-15/h2-10,12,24,27-28H,1H3,(H,26,30). The van der Waals surface area contributed by atoms with Gasteiger partial charge in [0.15, 0.2) is 11.5 Å². The predicted octanol–water partition coefficient (Wildman–Crippen LogP) is 4.38. The van der Waals surface area contributed by atoms with Crippen LogP contribution in [0.25, 0.3) is 27.8 Å². The molecule has 0 spiro atoms. The molecule has 3 aromatic heterocycles. The highest BCUT2D eigenvalue weighted by Crippen LogP contribution is 2.33. The van der Waals surface area contributed by atoms with Crippen molar-refractivity contribution in [2.24, 2.45) is 0 Å². The minimum absolute atomic E-state index is 0.137. The molecule has 4 N–H and O–H groups in total. The Balaban J connectivity index is 1.64. The molecular weight excluding hydrogens is 378 g/mol. The third-order valence-electron chi connectivity index (χ3n) is 4.87. The molecule has 5 aromatic rings. The number of hydrogen-bond acceptors (Lipinski definition) is 4. The van der Waals surface area contributed by atoms with E-state index in [4.69, 9.17) is 0 Å². The molecule has 146 valence electrons. The molecule has 0 unspecified atom stereocenters. The fourth-order valence-corrected chi connectivity index (χ4v) is 3.55. The molecule has 0 bridgehead atoms. The number of amides is 1. The summed E-state index contributed by atoms with van der Waals surface area (Å²) in [6.45, 7) is 1.47. The van der Waals surface area contributed by atoms with Gasteiger partial charge < -0.3 is 20.6 Å². The summed E-state index contributed by atoms with van der Waals surface area (Å²) in [6.07, 6.45) is 3.43. The number of nitriles is 1. The smallest absolute Gasteiger partial charge is 0.221 e. The molecule has 0 saturated carbocycles. The molecule has 8 nitrogen and oxygen atoms in total. The average molecular weight is 395 g/mol. The Morgan fingerprint density at radius 2 is 2.03 bits per heavy atom. The van der Waals surface area contributed by atoms with Crippen molar-refractivity contribution in [1.29, 1.82) is 5.26 Å². The quantitative estimate of drug-likeness (QED) is 0.361. The number of nitrogens with zero attached hydrogens (tertiary/aromatic N) is 3. The first-order valence-corrected chi connectivity index (χ1v) is 9.34. The maximum Gasteiger partial charge on any atom is 0.221 e. The third-order valence-corrected chi connectivity index (χ3v) is 4.87. The number of aromatic amines is 2. The first-order valence-electron chi connectivity index (χ1n) is 9.34. The summed E-state index contributed by atoms with van der Waals surface area (Å²) in [6, 6.07) is 17.7. The number of carbonyl (C=O) groups excluding carboxylic acids is 1. The maximum absolute atomic E-state index is 11.4. The zero-order valence-corrected chi connectivity index (χ0v) is 16.0. The van der Waals surface area contributed by atoms with E-state index in [2.05, 4.69) is 31.8 Å². The van der Waals surface area contributed by atoms with E-state index in [1.54, 1.807) is 4.52 Å². The van der Waals surface area contributed by atoms with Gasteiger partial charge in [-0.3, -0.25) is 4.79 Å². The van der Waals surface area contributed by atoms with E-state index in [9.17, 15) is 10.1 Å². The topological polar surface area (TPSA) is 114 Å². The van der Waals surface area contributed by atoms with Crippen molar-refractivity contribution < 1.29 is 4.79 Å². The average Bonchev–Trinajstić information content (AvgIpc) is 3.43. The van der Waals surface area contributed by atoms with Crippen LogP contribution >= 0.6 is 0 Å². The SMILES string of the molecule is CC(=O)Nc1cccc(Nc2c(-c3ccc4cc[nH]c4c3)[nH]c3c(C#N)cnn23)c1. The van der Waals surface area contributed by atoms with Gasteiger partial charge in [0.2, 0.25) is 5.91 Å². The van der Waals surface area contributed by atoms with E-state index in [0.717, 1.165) is 27.8 Å². The van der Waals surface area contributed by atoms with Gasteiger partial charge in [0.1, 0.15) is 11.6 Å². The van der Waals surface area contributed by atoms with Crippen molar-refractivity contribution in [3.8, 4) is 17.3 Å². The number of carbonyl (C=O) groups is 1. The summed E-state index contributed by atoms with van der Waals surface area (Å²) in [5.74, 6) is 0.555. The minimum atomic E-state index is -0.137. The van der Waals surface area contributed by atoms with Gasteiger partial charge in [-0.25, -0.2) is 0 Å². The molecule has 1 amide bonds. The first-order chi connectivity index (χ1) is 14.6. The van der Waals surface area contributed by atoms with Crippen molar-refractivity contribution in [1.82, 2.24) is 19.6 Å². The van der Waals surface area contributed by atoms with Crippen LogP contribution in [0.15, 0.2) is 60.9 Å². The number of rotatable bonds is 4. The number of H-pyrrole nitrogens is 2. The van der Waals surface area contributed by atoms with Gasteiger partial charge in [0.25, 0.3) is 0 Å². The molecule has 3 heterocycles. The Hall–Kier alpha value is -4.51. The van der Waals surface area contributed by atoms with Crippen LogP contribution in [-0.2, 0) is 4.79 Å². The largest absolute Gasteiger partial charge is 0.361 e. The van der Waals surface area contributed by atoms with E-state index in [1.807, 2.05) is 54.7 Å². The maximum atomic E-state index is 11.4. The van der Waals surface area contributed by atoms with E-state index in [0.29, 0.717) is 22.7 Å². The predicted molar refractivity (Wildman–Crippen MR) is 116 cm³/mol. The van der Waals surface area contributed by atoms with Crippen molar-refractivity contribution in [2.75, 3.05) is 10.6 Å². The van der Waals surface area contributed by atoms with Crippen LogP contribution in [0, 0.1) is 11.3 Å². The number of imidazole rings is 1. The molecule has 0 aliphatic heterocycles. The van der Waals surface area contributed by atoms with Gasteiger partial charge in [0, 0.05) is 35.6 Å². The number of anilines is 3. The third kappa shape index (κ3) is 2.95. The Kier molecular flexibility index (Phi) is 4.00. The van der Waals surface area contributed by atoms with Crippen LogP contribution in [0.3, 0.4) is 0 Å². The Labute approximate surface area is 171 Å². The number of hydrogen-bond donors (Lipinski definition) is 4. The first kappa shape index (κ1) is 17.6. The summed E-state index contributed by atoms with van der Waals surface area (Å²) >= 11 is 0. The molecule has 30 heavy (non-hydrogen) atoms. The number of aromatic nitrogens is 4. The lowest BCUT2D eigenvalue weighted by molar-refractivity contribution is -0.114. The van der Waals surface area contributed by atoms with Crippen molar-refractivity contribution in [2.45, 2.75) is 6.92 Å². The van der Waals surface area contributed by atoms with Crippen LogP contribution in [0.1, 0.15) is 12.5 Å². The lowest BCUT2D eigenvalue weighted by atomic mass is 10.1. The second-order valence-corrected chi connectivity index (χ2v) is 6.95. The van der Waals surface area contributed by atoms with Crippen LogP contribution in [-0.4, -0.2) is 25.5 Å². The molecule has 2 aromatic carbocycles. The molecule has 0 saturated heterocycles. The molecular formula is C22H17N7O. The lowest BCUT2D eigenvalue weighted by Gasteiger charge is -2.10. The number of benzene rings is 2. The molecule has 0 radical (unpaired) electrons.